The Balaban J connectivity index is 2.31. The fourth-order valence-electron chi connectivity index (χ4n) is 1.38. The Labute approximate surface area is 67.3 Å². The van der Waals surface area contributed by atoms with Gasteiger partial charge in [0.1, 0.15) is 6.61 Å². The van der Waals surface area contributed by atoms with Crippen LogP contribution in [0.4, 0.5) is 0 Å². The van der Waals surface area contributed by atoms with E-state index in [-0.39, 0.29) is 12.5 Å². The van der Waals surface area contributed by atoms with Gasteiger partial charge in [0.05, 0.1) is 0 Å². The van der Waals surface area contributed by atoms with E-state index in [0.717, 1.165) is 19.5 Å². The summed E-state index contributed by atoms with van der Waals surface area (Å²) in [5.41, 5.74) is 0. The third-order valence-corrected chi connectivity index (χ3v) is 2.04. The van der Waals surface area contributed by atoms with Gasteiger partial charge in [-0.3, -0.25) is 4.79 Å². The Morgan fingerprint density at radius 1 is 1.73 bits per heavy atom. The zero-order chi connectivity index (χ0) is 8.27. The van der Waals surface area contributed by atoms with Gasteiger partial charge in [-0.15, -0.1) is 0 Å². The number of methoxy groups -OCH3 is 1. The molecule has 1 fully saturated rings. The van der Waals surface area contributed by atoms with Gasteiger partial charge >= 0.3 is 0 Å². The summed E-state index contributed by atoms with van der Waals surface area (Å²) in [4.78, 5) is 13.1. The van der Waals surface area contributed by atoms with Crippen LogP contribution >= 0.6 is 0 Å². The van der Waals surface area contributed by atoms with Gasteiger partial charge in [0.15, 0.2) is 0 Å². The van der Waals surface area contributed by atoms with Crippen LogP contribution in [0.5, 0.6) is 0 Å². The Morgan fingerprint density at radius 2 is 2.45 bits per heavy atom. The molecule has 11 heavy (non-hydrogen) atoms. The topological polar surface area (TPSA) is 29.5 Å². The first-order valence-corrected chi connectivity index (χ1v) is 4.00. The fraction of sp³-hybridized carbons (Fsp3) is 0.875. The average molecular weight is 157 g/mol. The fourth-order valence-corrected chi connectivity index (χ4v) is 1.38. The molecular weight excluding hydrogens is 142 g/mol. The van der Waals surface area contributed by atoms with Crippen molar-refractivity contribution >= 4 is 5.91 Å². The smallest absolute Gasteiger partial charge is 0.248 e. The molecule has 1 aliphatic rings. The molecule has 0 saturated carbocycles. The van der Waals surface area contributed by atoms with Gasteiger partial charge in [-0.05, 0) is 12.3 Å². The number of hydrogen-bond acceptors (Lipinski definition) is 2. The van der Waals surface area contributed by atoms with Crippen LogP contribution in [0.3, 0.4) is 0 Å². The van der Waals surface area contributed by atoms with E-state index >= 15 is 0 Å². The molecule has 0 aliphatic carbocycles. The van der Waals surface area contributed by atoms with Crippen LogP contribution in [0.15, 0.2) is 0 Å². The monoisotopic (exact) mass is 157 g/mol. The lowest BCUT2D eigenvalue weighted by Gasteiger charge is -2.14. The van der Waals surface area contributed by atoms with Crippen molar-refractivity contribution in [1.82, 2.24) is 4.90 Å². The number of hydrogen-bond donors (Lipinski definition) is 0. The summed E-state index contributed by atoms with van der Waals surface area (Å²) in [6.07, 6.45) is 1.13. The maximum atomic E-state index is 11.2. The minimum atomic E-state index is 0.122. The minimum Gasteiger partial charge on any atom is -0.375 e. The lowest BCUT2D eigenvalue weighted by Crippen LogP contribution is -2.31. The van der Waals surface area contributed by atoms with Crippen molar-refractivity contribution in [3.8, 4) is 0 Å². The summed E-state index contributed by atoms with van der Waals surface area (Å²) in [5.74, 6) is 0.785. The number of carbonyl (C=O) groups is 1. The highest BCUT2D eigenvalue weighted by molar-refractivity contribution is 5.77. The van der Waals surface area contributed by atoms with E-state index in [1.807, 2.05) is 4.90 Å². The zero-order valence-electron chi connectivity index (χ0n) is 7.17. The summed E-state index contributed by atoms with van der Waals surface area (Å²) < 4.78 is 4.76. The van der Waals surface area contributed by atoms with Crippen molar-refractivity contribution in [3.63, 3.8) is 0 Å². The third-order valence-electron chi connectivity index (χ3n) is 2.04. The van der Waals surface area contributed by atoms with Gasteiger partial charge in [-0.1, -0.05) is 6.92 Å². The average Bonchev–Trinajstić information content (AvgIpc) is 2.36. The maximum absolute atomic E-state index is 11.2. The minimum absolute atomic E-state index is 0.122. The number of ether oxygens (including phenoxy) is 1. The Bertz CT molecular complexity index is 147. The molecule has 1 saturated heterocycles. The van der Waals surface area contributed by atoms with Crippen LogP contribution in [0, 0.1) is 5.92 Å². The van der Waals surface area contributed by atoms with Crippen molar-refractivity contribution in [1.29, 1.82) is 0 Å². The standard InChI is InChI=1S/C8H15NO2/c1-7-3-4-9(5-7)8(10)6-11-2/h7H,3-6H2,1-2H3/t7-/m0/s1. The molecule has 0 radical (unpaired) electrons. The van der Waals surface area contributed by atoms with Crippen LogP contribution in [0.1, 0.15) is 13.3 Å². The number of rotatable bonds is 2. The summed E-state index contributed by atoms with van der Waals surface area (Å²) in [5, 5.41) is 0. The van der Waals surface area contributed by atoms with E-state index in [1.54, 1.807) is 7.11 Å². The molecule has 1 rings (SSSR count). The summed E-state index contributed by atoms with van der Waals surface area (Å²) in [6, 6.07) is 0. The molecule has 0 spiro atoms. The predicted octanol–water partition coefficient (Wildman–Crippen LogP) is 0.501. The van der Waals surface area contributed by atoms with Crippen LogP contribution in [-0.4, -0.2) is 37.6 Å². The van der Waals surface area contributed by atoms with E-state index in [9.17, 15) is 4.79 Å². The quantitative estimate of drug-likeness (QED) is 0.584. The van der Waals surface area contributed by atoms with Gasteiger partial charge in [-0.25, -0.2) is 0 Å². The Kier molecular flexibility index (Phi) is 2.88. The van der Waals surface area contributed by atoms with E-state index in [4.69, 9.17) is 4.74 Å². The molecule has 0 N–H and O–H groups in total. The maximum Gasteiger partial charge on any atom is 0.248 e. The van der Waals surface area contributed by atoms with E-state index in [0.29, 0.717) is 5.92 Å². The number of likely N-dealkylation sites (tertiary alicyclic amines) is 1. The van der Waals surface area contributed by atoms with Gasteiger partial charge < -0.3 is 9.64 Å². The highest BCUT2D eigenvalue weighted by Gasteiger charge is 2.22. The van der Waals surface area contributed by atoms with Crippen molar-refractivity contribution in [2.75, 3.05) is 26.8 Å². The lowest BCUT2D eigenvalue weighted by atomic mass is 10.2. The van der Waals surface area contributed by atoms with Crippen LogP contribution in [-0.2, 0) is 9.53 Å². The Hall–Kier alpha value is -0.570. The van der Waals surface area contributed by atoms with Gasteiger partial charge in [0.2, 0.25) is 5.91 Å². The second-order valence-electron chi connectivity index (χ2n) is 3.17. The van der Waals surface area contributed by atoms with Crippen LogP contribution in [0.2, 0.25) is 0 Å². The second-order valence-corrected chi connectivity index (χ2v) is 3.17. The van der Waals surface area contributed by atoms with Crippen molar-refractivity contribution in [3.05, 3.63) is 0 Å². The number of nitrogens with zero attached hydrogens (tertiary/aromatic N) is 1. The summed E-state index contributed by atoms with van der Waals surface area (Å²) >= 11 is 0. The largest absolute Gasteiger partial charge is 0.375 e. The first-order valence-electron chi connectivity index (χ1n) is 4.00. The zero-order valence-corrected chi connectivity index (χ0v) is 7.17. The van der Waals surface area contributed by atoms with Crippen molar-refractivity contribution < 1.29 is 9.53 Å². The molecule has 1 heterocycles. The molecular formula is C8H15NO2. The SMILES string of the molecule is COCC(=O)N1CC[C@H](C)C1. The molecule has 3 heteroatoms. The molecule has 1 aliphatic heterocycles. The molecule has 64 valence electrons. The molecule has 0 aromatic carbocycles. The summed E-state index contributed by atoms with van der Waals surface area (Å²) in [6.45, 7) is 4.21. The van der Waals surface area contributed by atoms with Crippen molar-refractivity contribution in [2.45, 2.75) is 13.3 Å². The first kappa shape index (κ1) is 8.53. The normalized spacial score (nSPS) is 24.2. The number of amides is 1. The molecule has 1 atom stereocenters. The highest BCUT2D eigenvalue weighted by Crippen LogP contribution is 2.14. The van der Waals surface area contributed by atoms with Gasteiger partial charge in [0, 0.05) is 20.2 Å². The molecule has 1 amide bonds. The lowest BCUT2D eigenvalue weighted by molar-refractivity contribution is -0.134. The van der Waals surface area contributed by atoms with Crippen LogP contribution in [0.25, 0.3) is 0 Å². The number of carbonyl (C=O) groups excluding carboxylic acids is 1. The molecule has 0 unspecified atom stereocenters. The van der Waals surface area contributed by atoms with E-state index < -0.39 is 0 Å². The van der Waals surface area contributed by atoms with E-state index in [2.05, 4.69) is 6.92 Å². The third kappa shape index (κ3) is 2.19. The second kappa shape index (κ2) is 3.72. The molecule has 0 aromatic heterocycles. The van der Waals surface area contributed by atoms with Gasteiger partial charge in [-0.2, -0.15) is 0 Å². The molecule has 0 bridgehead atoms. The molecule has 3 nitrogen and oxygen atoms in total. The Morgan fingerprint density at radius 3 is 2.91 bits per heavy atom. The van der Waals surface area contributed by atoms with E-state index in [1.165, 1.54) is 0 Å². The van der Waals surface area contributed by atoms with Crippen molar-refractivity contribution in [2.24, 2.45) is 5.92 Å². The van der Waals surface area contributed by atoms with Crippen LogP contribution < -0.4 is 0 Å². The molecule has 0 aromatic rings. The highest BCUT2D eigenvalue weighted by atomic mass is 16.5. The summed E-state index contributed by atoms with van der Waals surface area (Å²) in [7, 11) is 1.55. The van der Waals surface area contributed by atoms with Gasteiger partial charge in [0.25, 0.3) is 0 Å². The predicted molar refractivity (Wildman–Crippen MR) is 42.2 cm³/mol. The first-order chi connectivity index (χ1) is 5.24.